The molecule has 748 valence electrons. The number of ketones is 1. The van der Waals surface area contributed by atoms with Gasteiger partial charge in [-0.25, -0.2) is 19.2 Å². The maximum atomic E-state index is 14.2. The predicted molar refractivity (Wildman–Crippen MR) is 476 cm³/mol. The number of carbonyl (C=O) groups is 5. The van der Waals surface area contributed by atoms with Gasteiger partial charge in [0.2, 0.25) is 22.4 Å². The number of benzene rings is 7. The lowest BCUT2D eigenvalue weighted by Crippen LogP contribution is -2.53. The number of anilines is 7. The van der Waals surface area contributed by atoms with Gasteiger partial charge in [0.15, 0.2) is 10.5 Å². The number of urea groups is 4. The Labute approximate surface area is 806 Å². The first kappa shape index (κ1) is 113. The number of Topliss-reactive ketones (excluding diaryl/α,β-unsaturated/α-hetero) is 1. The molecule has 5 heterocycles. The fourth-order valence-corrected chi connectivity index (χ4v) is 15.0. The number of nitrogen functional groups attached to an aromatic ring is 3. The molecule has 2 aliphatic carbocycles. The Hall–Kier alpha value is -9.74. The molecule has 7 aliphatic rings. The molecule has 1 saturated heterocycles. The van der Waals surface area contributed by atoms with Crippen LogP contribution in [0.15, 0.2) is 178 Å². The summed E-state index contributed by atoms with van der Waals surface area (Å²) in [6.45, 7) is 9.42. The Morgan fingerprint density at radius 3 is 1.25 bits per heavy atom. The molecule has 7 aromatic carbocycles. The van der Waals surface area contributed by atoms with E-state index in [-0.39, 0.29) is 148 Å². The van der Waals surface area contributed by atoms with Crippen LogP contribution in [0.5, 0.6) is 0 Å². The Morgan fingerprint density at radius 1 is 0.467 bits per heavy atom. The summed E-state index contributed by atoms with van der Waals surface area (Å²) < 4.78 is 294. The van der Waals surface area contributed by atoms with Gasteiger partial charge >= 0.3 is 67.4 Å². The number of carbonyl (C=O) groups excluding carboxylic acids is 5. The van der Waals surface area contributed by atoms with Gasteiger partial charge in [0, 0.05) is 141 Å². The Bertz CT molecular complexity index is 5480. The van der Waals surface area contributed by atoms with E-state index in [9.17, 15) is 126 Å². The van der Waals surface area contributed by atoms with Gasteiger partial charge in [0.1, 0.15) is 0 Å². The lowest BCUT2D eigenvalue weighted by atomic mass is 9.90. The van der Waals surface area contributed by atoms with Crippen molar-refractivity contribution in [2.45, 2.75) is 102 Å². The summed E-state index contributed by atoms with van der Waals surface area (Å²) in [5, 5.41) is 35.3. The molecule has 22 nitrogen and oxygen atoms in total. The lowest BCUT2D eigenvalue weighted by molar-refractivity contribution is -0.288. The standard InChI is InChI=1S/C17H18ClF3N2O2.C14H14ClF3N2O2.C13H11Cl2F3N2O.C13H12ClF3N2O2.C12H14ClF3N2O.C9H7ClF3NO.C8H5ClF3NO/c1-2-7-23-10-16(17(19,20)21,25-9-11-3-4-11)13-8-12(18)5-6-14(13)22-15(23)24;15-9-3-4-11-10(5-9)13(14(16,17)18,7-19-12(21)20-11)22-6-8-1-2-8;1-2-5-20-7-12(15,13(16,17)18)9-6-8(14)3-4-10(9)19-11(20)21;1-2-5-19-7-12(21,13(15,16)17)9-6-8(14)3-4-10(9)18-11(19)20;1-2-5-18-7-11(19,12(14,15)16)9-6-8(13)3-4-10(9)17;10-5-1-2-7(14)6(3-5)8(4-15-8)9(11,12)13;9-4-1-2-6(13)5(3-4)7(14)8(10,11)12/h2,5-6,8,11H,1,3-4,7,9-10H2,(H,22,24);3-5,8H,1-2,6-7H2,(H2,19,20,21);2-4,6H,1,5,7H2,(H,19,21);2-4,6,21H,1,5,7H2,(H,18,20);2-4,6,18-19H,1,5,7,17H2;1-3H,4,14H2;1-3H,13H2. The second-order valence-electron chi connectivity index (χ2n) is 31.1. The number of nitrogens with two attached hydrogens (primary N) is 3. The van der Waals surface area contributed by atoms with Crippen LogP contribution in [0.4, 0.5) is 151 Å². The second-order valence-corrected chi connectivity index (χ2v) is 34.8. The first-order valence-corrected chi connectivity index (χ1v) is 42.7. The first-order valence-electron chi connectivity index (χ1n) is 39.7. The van der Waals surface area contributed by atoms with Crippen LogP contribution < -0.4 is 49.1 Å². The van der Waals surface area contributed by atoms with Crippen molar-refractivity contribution in [3.63, 3.8) is 0 Å². The molecule has 8 amide bonds. The number of fused-ring (bicyclic) bond motifs is 4. The number of amides is 8. The zero-order valence-corrected chi connectivity index (χ0v) is 76.5. The third-order valence-electron chi connectivity index (χ3n) is 21.1. The molecule has 137 heavy (non-hydrogen) atoms. The average molecular weight is 2130 g/mol. The minimum atomic E-state index is -4.97. The van der Waals surface area contributed by atoms with Crippen molar-refractivity contribution in [3.05, 3.63) is 252 Å². The molecule has 0 spiro atoms. The average Bonchev–Trinajstić information content (AvgIpc) is 1.57. The van der Waals surface area contributed by atoms with Crippen molar-refractivity contribution in [3.8, 4) is 0 Å². The number of epoxide rings is 1. The van der Waals surface area contributed by atoms with Gasteiger partial charge in [0.25, 0.3) is 5.78 Å². The highest BCUT2D eigenvalue weighted by atomic mass is 35.5. The number of hydrogen-bond donors (Lipinski definition) is 11. The van der Waals surface area contributed by atoms with Crippen molar-refractivity contribution < 1.29 is 141 Å². The van der Waals surface area contributed by atoms with Crippen LogP contribution in [0.25, 0.3) is 0 Å². The number of halogens is 29. The summed E-state index contributed by atoms with van der Waals surface area (Å²) in [7, 11) is 0. The van der Waals surface area contributed by atoms with Crippen LogP contribution in [-0.4, -0.2) is 177 Å². The topological polar surface area (TPSA) is 317 Å². The lowest BCUT2D eigenvalue weighted by Gasteiger charge is -2.38. The summed E-state index contributed by atoms with van der Waals surface area (Å²) in [5.41, 5.74) is -0.342. The normalized spacial score (nSPS) is 21.2. The fraction of sp³-hybridized carbons (Fsp3) is 0.360. The highest BCUT2D eigenvalue weighted by Crippen LogP contribution is 2.56. The van der Waals surface area contributed by atoms with E-state index in [0.717, 1.165) is 70.7 Å². The van der Waals surface area contributed by atoms with Crippen LogP contribution in [0.2, 0.25) is 35.2 Å². The van der Waals surface area contributed by atoms with E-state index in [1.54, 1.807) is 0 Å². The van der Waals surface area contributed by atoms with Gasteiger partial charge in [-0.2, -0.15) is 92.2 Å². The second kappa shape index (κ2) is 44.4. The van der Waals surface area contributed by atoms with Crippen LogP contribution >= 0.6 is 92.8 Å². The summed E-state index contributed by atoms with van der Waals surface area (Å²) in [6, 6.07) is 23.5. The summed E-state index contributed by atoms with van der Waals surface area (Å²) in [6.07, 6.45) is -24.6. The third-order valence-corrected chi connectivity index (χ3v) is 23.3. The number of aliphatic hydroxyl groups is 2. The summed E-state index contributed by atoms with van der Waals surface area (Å²) in [5.74, 6) is -1.71. The van der Waals surface area contributed by atoms with Gasteiger partial charge in [-0.05, 0) is 165 Å². The molecule has 2 saturated carbocycles. The van der Waals surface area contributed by atoms with Gasteiger partial charge in [0.05, 0.1) is 51.6 Å². The van der Waals surface area contributed by atoms with E-state index in [0.29, 0.717) is 0 Å². The van der Waals surface area contributed by atoms with Crippen molar-refractivity contribution in [2.24, 2.45) is 11.8 Å². The molecule has 14 N–H and O–H groups in total. The number of alkyl halides is 22. The van der Waals surface area contributed by atoms with E-state index < -0.39 is 162 Å². The smallest absolute Gasteiger partial charge is 0.398 e. The summed E-state index contributed by atoms with van der Waals surface area (Å²) >= 11 is 45.9. The number of ether oxygens (including phenoxy) is 3. The highest BCUT2D eigenvalue weighted by molar-refractivity contribution is 6.33. The number of rotatable bonds is 19. The maximum Gasteiger partial charge on any atom is 0.454 e. The molecule has 6 atom stereocenters. The largest absolute Gasteiger partial charge is 0.454 e. The van der Waals surface area contributed by atoms with E-state index in [1.165, 1.54) is 121 Å². The highest BCUT2D eigenvalue weighted by Gasteiger charge is 2.69. The first-order chi connectivity index (χ1) is 63.4. The van der Waals surface area contributed by atoms with Crippen molar-refractivity contribution in [1.29, 1.82) is 0 Å². The predicted octanol–water partition coefficient (Wildman–Crippen LogP) is 23.5. The van der Waals surface area contributed by atoms with Crippen molar-refractivity contribution >= 4 is 163 Å². The quantitative estimate of drug-likeness (QED) is 0.00682. The van der Waals surface area contributed by atoms with Gasteiger partial charge in [-0.15, -0.1) is 37.9 Å². The minimum absolute atomic E-state index is 0.00132. The molecular formula is C86H81Cl8F21N12O10. The molecule has 7 aromatic rings. The van der Waals surface area contributed by atoms with Gasteiger partial charge in [-0.3, -0.25) is 4.79 Å². The van der Waals surface area contributed by atoms with E-state index in [2.05, 4.69) is 63.0 Å². The molecule has 0 radical (unpaired) electrons. The Balaban J connectivity index is 0.000000198. The monoisotopic (exact) mass is 2120 g/mol. The van der Waals surface area contributed by atoms with Crippen LogP contribution in [0.3, 0.4) is 0 Å². The maximum absolute atomic E-state index is 14.2. The number of β-amino-alcohol motifs (C(OH)–C–C–N with tert-alkyl or cyclic N) is 1. The fourth-order valence-electron chi connectivity index (χ4n) is 13.5. The van der Waals surface area contributed by atoms with E-state index >= 15 is 0 Å². The van der Waals surface area contributed by atoms with E-state index in [1.807, 2.05) is 0 Å². The molecule has 0 aromatic heterocycles. The Kier molecular flexibility index (Phi) is 36.5. The number of nitrogens with zero attached hydrogens (tertiary/aromatic N) is 3. The Morgan fingerprint density at radius 2 is 0.839 bits per heavy atom. The SMILES string of the molecule is C=CCN1CC(Cl)(C(F)(F)F)c2cc(Cl)ccc2NC1=O.C=CCN1CC(O)(C(F)(F)F)c2cc(Cl)ccc2NC1=O.C=CCN1CC(OCC2CC2)(C(F)(F)F)c2cc(Cl)ccc2NC1=O.C=CCNCC(O)(c1cc(Cl)ccc1N)C(F)(F)F.Nc1ccc(Cl)cc1C(=O)C(F)(F)F.Nc1ccc(Cl)cc1C1(C(F)(F)F)CO1.O=C1NCC(OCC2CC2)(C(F)(F)F)c2cc(Cl)ccc2N1. The van der Waals surface area contributed by atoms with Crippen LogP contribution in [0, 0.1) is 11.8 Å². The summed E-state index contributed by atoms with van der Waals surface area (Å²) in [4.78, 5) is 58.7. The van der Waals surface area contributed by atoms with Crippen LogP contribution in [0.1, 0.15) is 69.4 Å². The van der Waals surface area contributed by atoms with Crippen molar-refractivity contribution in [2.75, 3.05) is 117 Å². The zero-order chi connectivity index (χ0) is 103. The molecule has 3 fully saturated rings. The zero-order valence-electron chi connectivity index (χ0n) is 70.4. The van der Waals surface area contributed by atoms with Crippen LogP contribution in [-0.2, 0) is 47.1 Å². The van der Waals surface area contributed by atoms with E-state index in [4.69, 9.17) is 119 Å². The molecule has 5 aliphatic heterocycles. The molecule has 14 rings (SSSR count). The number of nitrogens with one attached hydrogen (secondary N) is 6. The van der Waals surface area contributed by atoms with Gasteiger partial charge in [-0.1, -0.05) is 106 Å². The molecule has 0 bridgehead atoms. The van der Waals surface area contributed by atoms with Gasteiger partial charge < -0.3 is 88.2 Å². The minimum Gasteiger partial charge on any atom is -0.398 e. The molecule has 6 unspecified atom stereocenters. The molecular weight excluding hydrogens is 2040 g/mol. The number of hydrogen-bond acceptors (Lipinski definition) is 14. The third kappa shape index (κ3) is 27.1. The van der Waals surface area contributed by atoms with Crippen molar-refractivity contribution in [1.82, 2.24) is 25.3 Å². The molecule has 51 heteroatoms.